The van der Waals surface area contributed by atoms with E-state index in [-0.39, 0.29) is 5.15 Å². The minimum Gasteiger partial charge on any atom is -0.204 e. The highest BCUT2D eigenvalue weighted by atomic mass is 35.5. The zero-order valence-corrected chi connectivity index (χ0v) is 7.02. The van der Waals surface area contributed by atoms with E-state index in [9.17, 15) is 8.78 Å². The second-order valence-corrected chi connectivity index (χ2v) is 2.85. The summed E-state index contributed by atoms with van der Waals surface area (Å²) in [5, 5.41) is 7.87. The number of aromatic nitrogens is 2. The molecule has 0 atom stereocenters. The zero-order chi connectivity index (χ0) is 9.42. The van der Waals surface area contributed by atoms with Crippen LogP contribution in [0.5, 0.6) is 0 Å². The molecule has 0 aliphatic carbocycles. The molecule has 1 aromatic heterocycles. The Labute approximate surface area is 77.2 Å². The van der Waals surface area contributed by atoms with Gasteiger partial charge in [0, 0.05) is 10.8 Å². The highest BCUT2D eigenvalue weighted by Gasteiger charge is 2.06. The molecule has 0 saturated heterocycles. The van der Waals surface area contributed by atoms with Crippen LogP contribution in [-0.2, 0) is 0 Å². The van der Waals surface area contributed by atoms with Crippen molar-refractivity contribution >= 4 is 22.4 Å². The van der Waals surface area contributed by atoms with Crippen molar-refractivity contribution in [1.29, 1.82) is 0 Å². The molecule has 66 valence electrons. The largest absolute Gasteiger partial charge is 0.204 e. The molecule has 0 amide bonds. The summed E-state index contributed by atoms with van der Waals surface area (Å²) in [4.78, 5) is 0. The number of rotatable bonds is 0. The van der Waals surface area contributed by atoms with Gasteiger partial charge in [-0.1, -0.05) is 11.6 Å². The van der Waals surface area contributed by atoms with Gasteiger partial charge in [0.2, 0.25) is 0 Å². The van der Waals surface area contributed by atoms with Crippen molar-refractivity contribution in [3.8, 4) is 0 Å². The summed E-state index contributed by atoms with van der Waals surface area (Å²) < 4.78 is 25.5. The standard InChI is InChI=1S/C8H3ClF2N2/c9-8-5-2-7(11)6(10)1-4(5)3-12-13-8/h1-3H. The number of fused-ring (bicyclic) bond motifs is 1. The lowest BCUT2D eigenvalue weighted by atomic mass is 10.2. The average Bonchev–Trinajstić information content (AvgIpc) is 2.09. The maximum absolute atomic E-state index is 12.7. The van der Waals surface area contributed by atoms with Crippen LogP contribution in [0.1, 0.15) is 0 Å². The Bertz CT molecular complexity index is 473. The Balaban J connectivity index is 2.89. The summed E-state index contributed by atoms with van der Waals surface area (Å²) in [6, 6.07) is 2.03. The fourth-order valence-corrected chi connectivity index (χ4v) is 1.25. The van der Waals surface area contributed by atoms with Crippen molar-refractivity contribution in [2.75, 3.05) is 0 Å². The van der Waals surface area contributed by atoms with E-state index in [4.69, 9.17) is 11.6 Å². The quantitative estimate of drug-likeness (QED) is 0.653. The van der Waals surface area contributed by atoms with Gasteiger partial charge < -0.3 is 0 Å². The number of hydrogen-bond acceptors (Lipinski definition) is 2. The Kier molecular flexibility index (Phi) is 1.84. The van der Waals surface area contributed by atoms with Crippen LogP contribution in [0.4, 0.5) is 8.78 Å². The molecule has 2 rings (SSSR count). The van der Waals surface area contributed by atoms with Gasteiger partial charge in [-0.05, 0) is 12.1 Å². The first-order valence-corrected chi connectivity index (χ1v) is 3.82. The molecule has 2 nitrogen and oxygen atoms in total. The van der Waals surface area contributed by atoms with Crippen LogP contribution >= 0.6 is 11.6 Å². The van der Waals surface area contributed by atoms with Crippen molar-refractivity contribution in [2.45, 2.75) is 0 Å². The van der Waals surface area contributed by atoms with Gasteiger partial charge >= 0.3 is 0 Å². The minimum absolute atomic E-state index is 0.0661. The van der Waals surface area contributed by atoms with E-state index in [2.05, 4.69) is 10.2 Å². The molecule has 0 N–H and O–H groups in total. The predicted molar refractivity (Wildman–Crippen MR) is 44.5 cm³/mol. The number of hydrogen-bond donors (Lipinski definition) is 0. The molecule has 1 heterocycles. The zero-order valence-electron chi connectivity index (χ0n) is 6.26. The van der Waals surface area contributed by atoms with Gasteiger partial charge in [-0.2, -0.15) is 5.10 Å². The van der Waals surface area contributed by atoms with Crippen molar-refractivity contribution in [2.24, 2.45) is 0 Å². The van der Waals surface area contributed by atoms with Gasteiger partial charge in [0.1, 0.15) is 0 Å². The van der Waals surface area contributed by atoms with Gasteiger partial charge in [-0.15, -0.1) is 5.10 Å². The molecular formula is C8H3ClF2N2. The third kappa shape index (κ3) is 1.33. The molecule has 0 fully saturated rings. The molecular weight excluding hydrogens is 198 g/mol. The van der Waals surface area contributed by atoms with Crippen LogP contribution in [-0.4, -0.2) is 10.2 Å². The SMILES string of the molecule is Fc1cc2cnnc(Cl)c2cc1F. The molecule has 0 bridgehead atoms. The van der Waals surface area contributed by atoms with E-state index in [0.29, 0.717) is 10.8 Å². The second-order valence-electron chi connectivity index (χ2n) is 2.49. The highest BCUT2D eigenvalue weighted by Crippen LogP contribution is 2.22. The Morgan fingerprint density at radius 1 is 1.15 bits per heavy atom. The average molecular weight is 201 g/mol. The number of halogens is 3. The molecule has 0 spiro atoms. The van der Waals surface area contributed by atoms with Crippen molar-refractivity contribution < 1.29 is 8.78 Å². The van der Waals surface area contributed by atoms with Crippen LogP contribution in [0.3, 0.4) is 0 Å². The van der Waals surface area contributed by atoms with Crippen molar-refractivity contribution in [3.63, 3.8) is 0 Å². The second kappa shape index (κ2) is 2.88. The molecule has 1 aromatic carbocycles. The Morgan fingerprint density at radius 2 is 1.85 bits per heavy atom. The summed E-state index contributed by atoms with van der Waals surface area (Å²) in [5.41, 5.74) is 0. The van der Waals surface area contributed by atoms with Crippen molar-refractivity contribution in [3.05, 3.63) is 35.1 Å². The first kappa shape index (κ1) is 8.31. The first-order valence-electron chi connectivity index (χ1n) is 3.44. The lowest BCUT2D eigenvalue weighted by Crippen LogP contribution is -1.88. The molecule has 13 heavy (non-hydrogen) atoms. The molecule has 0 unspecified atom stereocenters. The van der Waals surface area contributed by atoms with E-state index in [1.807, 2.05) is 0 Å². The fourth-order valence-electron chi connectivity index (χ4n) is 1.04. The van der Waals surface area contributed by atoms with Crippen LogP contribution < -0.4 is 0 Å². The molecule has 2 aromatic rings. The Morgan fingerprint density at radius 3 is 2.62 bits per heavy atom. The maximum Gasteiger partial charge on any atom is 0.159 e. The topological polar surface area (TPSA) is 25.8 Å². The third-order valence-electron chi connectivity index (χ3n) is 1.66. The van der Waals surface area contributed by atoms with E-state index in [0.717, 1.165) is 12.1 Å². The summed E-state index contributed by atoms with van der Waals surface area (Å²) in [6.45, 7) is 0. The lowest BCUT2D eigenvalue weighted by molar-refractivity contribution is 0.511. The van der Waals surface area contributed by atoms with Gasteiger partial charge in [-0.3, -0.25) is 0 Å². The lowest BCUT2D eigenvalue weighted by Gasteiger charge is -1.98. The minimum atomic E-state index is -0.942. The first-order chi connectivity index (χ1) is 6.18. The van der Waals surface area contributed by atoms with Crippen LogP contribution in [0.25, 0.3) is 10.8 Å². The van der Waals surface area contributed by atoms with Crippen LogP contribution in [0, 0.1) is 11.6 Å². The molecule has 0 saturated carbocycles. The van der Waals surface area contributed by atoms with Gasteiger partial charge in [-0.25, -0.2) is 8.78 Å². The summed E-state index contributed by atoms with van der Waals surface area (Å²) in [5.74, 6) is -1.86. The Hall–Kier alpha value is -1.29. The van der Waals surface area contributed by atoms with Gasteiger partial charge in [0.25, 0.3) is 0 Å². The summed E-state index contributed by atoms with van der Waals surface area (Å²) in [7, 11) is 0. The fraction of sp³-hybridized carbons (Fsp3) is 0. The molecule has 0 aliphatic rings. The van der Waals surface area contributed by atoms with Crippen LogP contribution in [0.15, 0.2) is 18.3 Å². The molecule has 5 heteroatoms. The highest BCUT2D eigenvalue weighted by molar-refractivity contribution is 6.34. The number of benzene rings is 1. The van der Waals surface area contributed by atoms with Crippen molar-refractivity contribution in [1.82, 2.24) is 10.2 Å². The summed E-state index contributed by atoms with van der Waals surface area (Å²) in [6.07, 6.45) is 1.32. The normalized spacial score (nSPS) is 10.7. The maximum atomic E-state index is 12.7. The van der Waals surface area contributed by atoms with E-state index < -0.39 is 11.6 Å². The van der Waals surface area contributed by atoms with Gasteiger partial charge in [0.05, 0.1) is 6.20 Å². The predicted octanol–water partition coefficient (Wildman–Crippen LogP) is 2.56. The third-order valence-corrected chi connectivity index (χ3v) is 1.94. The molecule has 0 radical (unpaired) electrons. The monoisotopic (exact) mass is 200 g/mol. The summed E-state index contributed by atoms with van der Waals surface area (Å²) >= 11 is 5.62. The smallest absolute Gasteiger partial charge is 0.159 e. The van der Waals surface area contributed by atoms with E-state index in [1.165, 1.54) is 6.20 Å². The van der Waals surface area contributed by atoms with Crippen LogP contribution in [0.2, 0.25) is 5.15 Å². The molecule has 0 aliphatic heterocycles. The van der Waals surface area contributed by atoms with E-state index in [1.54, 1.807) is 0 Å². The van der Waals surface area contributed by atoms with Gasteiger partial charge in [0.15, 0.2) is 16.8 Å². The van der Waals surface area contributed by atoms with E-state index >= 15 is 0 Å². The number of nitrogens with zero attached hydrogens (tertiary/aromatic N) is 2.